The average molecular weight is 328 g/mol. The van der Waals surface area contributed by atoms with Gasteiger partial charge in [-0.1, -0.05) is 0 Å². The van der Waals surface area contributed by atoms with Gasteiger partial charge in [0.1, 0.15) is 11.5 Å². The van der Waals surface area contributed by atoms with E-state index >= 15 is 0 Å². The highest BCUT2D eigenvalue weighted by Gasteiger charge is 2.14. The molecule has 0 amide bonds. The molecule has 0 N–H and O–H groups in total. The van der Waals surface area contributed by atoms with E-state index in [9.17, 15) is 9.59 Å². The monoisotopic (exact) mass is 328 g/mol. The van der Waals surface area contributed by atoms with E-state index in [4.69, 9.17) is 9.47 Å². The normalized spacial score (nSPS) is 10.2. The Bertz CT molecular complexity index is 724. The lowest BCUT2D eigenvalue weighted by Crippen LogP contribution is -2.14. The van der Waals surface area contributed by atoms with Gasteiger partial charge in [-0.25, -0.2) is 4.79 Å². The number of hydrogen-bond donors (Lipinski definition) is 0. The van der Waals surface area contributed by atoms with Crippen molar-refractivity contribution in [1.82, 2.24) is 0 Å². The van der Waals surface area contributed by atoms with Gasteiger partial charge in [-0.05, 0) is 61.4 Å². The topological polar surface area (TPSA) is 61.8 Å². The summed E-state index contributed by atoms with van der Waals surface area (Å²) in [5.41, 5.74) is 2.73. The molecule has 2 aromatic carbocycles. The van der Waals surface area contributed by atoms with Gasteiger partial charge < -0.3 is 14.2 Å². The zero-order valence-corrected chi connectivity index (χ0v) is 14.2. The Morgan fingerprint density at radius 2 is 1.50 bits per heavy atom. The predicted octanol–water partition coefficient (Wildman–Crippen LogP) is 3.09. The van der Waals surface area contributed by atoms with Crippen LogP contribution in [0.15, 0.2) is 36.4 Å². The summed E-state index contributed by atoms with van der Waals surface area (Å²) in [6, 6.07) is 10.5. The minimum Gasteiger partial charge on any atom is -0.497 e. The van der Waals surface area contributed by atoms with Gasteiger partial charge in [0.2, 0.25) is 0 Å². The average Bonchev–Trinajstić information content (AvgIpc) is 2.60. The van der Waals surface area contributed by atoms with Crippen LogP contribution in [0.1, 0.15) is 27.0 Å². The van der Waals surface area contributed by atoms with Crippen molar-refractivity contribution in [3.05, 3.63) is 58.7 Å². The molecule has 0 aliphatic rings. The molecule has 0 saturated carbocycles. The van der Waals surface area contributed by atoms with Crippen molar-refractivity contribution in [2.45, 2.75) is 13.8 Å². The number of ketones is 1. The van der Waals surface area contributed by atoms with Crippen LogP contribution in [-0.4, -0.2) is 32.6 Å². The van der Waals surface area contributed by atoms with Crippen molar-refractivity contribution < 1.29 is 23.8 Å². The molecule has 0 heterocycles. The van der Waals surface area contributed by atoms with Gasteiger partial charge in [0, 0.05) is 11.1 Å². The van der Waals surface area contributed by atoms with E-state index in [1.54, 1.807) is 43.5 Å². The van der Waals surface area contributed by atoms with E-state index in [2.05, 4.69) is 4.74 Å². The number of carbonyl (C=O) groups excluding carboxylic acids is 2. The van der Waals surface area contributed by atoms with Gasteiger partial charge in [0.05, 0.1) is 14.2 Å². The lowest BCUT2D eigenvalue weighted by atomic mass is 9.98. The van der Waals surface area contributed by atoms with E-state index in [1.165, 1.54) is 7.11 Å². The summed E-state index contributed by atoms with van der Waals surface area (Å²) in [7, 11) is 2.89. The Hall–Kier alpha value is -2.82. The van der Waals surface area contributed by atoms with E-state index in [0.29, 0.717) is 22.6 Å². The molecule has 0 unspecified atom stereocenters. The number of hydrogen-bond acceptors (Lipinski definition) is 5. The van der Waals surface area contributed by atoms with E-state index in [-0.39, 0.29) is 12.4 Å². The van der Waals surface area contributed by atoms with Gasteiger partial charge >= 0.3 is 5.97 Å². The maximum atomic E-state index is 12.6. The zero-order valence-electron chi connectivity index (χ0n) is 14.2. The molecule has 2 aromatic rings. The molecule has 126 valence electrons. The highest BCUT2D eigenvalue weighted by atomic mass is 16.6. The molecule has 0 fully saturated rings. The molecular weight excluding hydrogens is 308 g/mol. The van der Waals surface area contributed by atoms with Gasteiger partial charge in [0.15, 0.2) is 12.4 Å². The standard InChI is InChI=1S/C19H20O5/c1-12-9-15(10-13(2)19(12)24-11-17(20)23-4)18(21)14-5-7-16(22-3)8-6-14/h5-10H,11H2,1-4H3. The molecule has 0 aliphatic carbocycles. The van der Waals surface area contributed by atoms with Crippen LogP contribution in [0.2, 0.25) is 0 Å². The van der Waals surface area contributed by atoms with Crippen molar-refractivity contribution in [3.8, 4) is 11.5 Å². The number of methoxy groups -OCH3 is 2. The minimum absolute atomic E-state index is 0.0802. The molecule has 5 nitrogen and oxygen atoms in total. The number of esters is 1. The summed E-state index contributed by atoms with van der Waals surface area (Å²) >= 11 is 0. The number of benzene rings is 2. The van der Waals surface area contributed by atoms with Gasteiger partial charge in [-0.3, -0.25) is 4.79 Å². The molecule has 0 aromatic heterocycles. The van der Waals surface area contributed by atoms with Crippen molar-refractivity contribution in [1.29, 1.82) is 0 Å². The highest BCUT2D eigenvalue weighted by Crippen LogP contribution is 2.26. The molecule has 0 saturated heterocycles. The molecule has 24 heavy (non-hydrogen) atoms. The summed E-state index contributed by atoms with van der Waals surface area (Å²) in [6.45, 7) is 3.51. The Balaban J connectivity index is 2.24. The summed E-state index contributed by atoms with van der Waals surface area (Å²) in [5, 5.41) is 0. The van der Waals surface area contributed by atoms with Crippen LogP contribution < -0.4 is 9.47 Å². The van der Waals surface area contributed by atoms with Crippen LogP contribution in [0.3, 0.4) is 0 Å². The second-order valence-corrected chi connectivity index (χ2v) is 5.36. The third kappa shape index (κ3) is 3.93. The maximum absolute atomic E-state index is 12.6. The first-order chi connectivity index (χ1) is 11.5. The number of carbonyl (C=O) groups is 2. The predicted molar refractivity (Wildman–Crippen MR) is 89.9 cm³/mol. The summed E-state index contributed by atoms with van der Waals surface area (Å²) in [5.74, 6) is 0.757. The SMILES string of the molecule is COC(=O)COc1c(C)cc(C(=O)c2ccc(OC)cc2)cc1C. The Morgan fingerprint density at radius 3 is 2.00 bits per heavy atom. The zero-order chi connectivity index (χ0) is 17.7. The van der Waals surface area contributed by atoms with E-state index < -0.39 is 5.97 Å². The lowest BCUT2D eigenvalue weighted by molar-refractivity contribution is -0.142. The van der Waals surface area contributed by atoms with Crippen LogP contribution in [0.5, 0.6) is 11.5 Å². The second-order valence-electron chi connectivity index (χ2n) is 5.36. The van der Waals surface area contributed by atoms with E-state index in [0.717, 1.165) is 11.1 Å². The molecule has 0 radical (unpaired) electrons. The first-order valence-corrected chi connectivity index (χ1v) is 7.46. The van der Waals surface area contributed by atoms with Crippen molar-refractivity contribution in [2.75, 3.05) is 20.8 Å². The molecule has 0 bridgehead atoms. The fourth-order valence-electron chi connectivity index (χ4n) is 2.41. The molecule has 0 spiro atoms. The van der Waals surface area contributed by atoms with Gasteiger partial charge in [0.25, 0.3) is 0 Å². The van der Waals surface area contributed by atoms with Crippen LogP contribution in [0.25, 0.3) is 0 Å². The minimum atomic E-state index is -0.452. The number of ether oxygens (including phenoxy) is 3. The molecule has 0 aliphatic heterocycles. The van der Waals surface area contributed by atoms with Gasteiger partial charge in [-0.2, -0.15) is 0 Å². The Kier molecular flexibility index (Phi) is 5.58. The third-order valence-corrected chi connectivity index (χ3v) is 3.64. The van der Waals surface area contributed by atoms with E-state index in [1.807, 2.05) is 13.8 Å². The fourth-order valence-corrected chi connectivity index (χ4v) is 2.41. The molecule has 5 heteroatoms. The van der Waals surface area contributed by atoms with Crippen molar-refractivity contribution >= 4 is 11.8 Å². The number of aryl methyl sites for hydroxylation is 2. The molecule has 0 atom stereocenters. The smallest absolute Gasteiger partial charge is 0.343 e. The van der Waals surface area contributed by atoms with Crippen molar-refractivity contribution in [3.63, 3.8) is 0 Å². The quantitative estimate of drug-likeness (QED) is 0.602. The largest absolute Gasteiger partial charge is 0.497 e. The molecular formula is C19H20O5. The Morgan fingerprint density at radius 1 is 0.917 bits per heavy atom. The third-order valence-electron chi connectivity index (χ3n) is 3.64. The second kappa shape index (κ2) is 7.64. The first-order valence-electron chi connectivity index (χ1n) is 7.46. The van der Waals surface area contributed by atoms with Crippen LogP contribution >= 0.6 is 0 Å². The summed E-state index contributed by atoms with van der Waals surface area (Å²) in [4.78, 5) is 23.8. The highest BCUT2D eigenvalue weighted by molar-refractivity contribution is 6.09. The number of rotatable bonds is 6. The lowest BCUT2D eigenvalue weighted by Gasteiger charge is -2.13. The van der Waals surface area contributed by atoms with Crippen molar-refractivity contribution in [2.24, 2.45) is 0 Å². The molecule has 2 rings (SSSR count). The summed E-state index contributed by atoms with van der Waals surface area (Å²) < 4.78 is 15.1. The maximum Gasteiger partial charge on any atom is 0.343 e. The van der Waals surface area contributed by atoms with Gasteiger partial charge in [-0.15, -0.1) is 0 Å². The first kappa shape index (κ1) is 17.5. The van der Waals surface area contributed by atoms with Crippen LogP contribution in [0.4, 0.5) is 0 Å². The fraction of sp³-hybridized carbons (Fsp3) is 0.263. The summed E-state index contributed by atoms with van der Waals surface area (Å²) in [6.07, 6.45) is 0. The Labute approximate surface area is 141 Å². The van der Waals surface area contributed by atoms with Crippen LogP contribution in [0, 0.1) is 13.8 Å². The van der Waals surface area contributed by atoms with Crippen LogP contribution in [-0.2, 0) is 9.53 Å².